The topological polar surface area (TPSA) is 95.5 Å². The number of hydrogen-bond acceptors (Lipinski definition) is 4. The molecule has 0 aromatic rings. The van der Waals surface area contributed by atoms with E-state index in [-0.39, 0.29) is 29.2 Å². The summed E-state index contributed by atoms with van der Waals surface area (Å²) < 4.78 is -0.0208. The Morgan fingerprint density at radius 2 is 2.05 bits per heavy atom. The molecule has 2 amide bonds. The SMILES string of the molecule is CC(=O)Br.O=C(O)CCCC[C@@H]1SC[C@@H]2NC(=O)N[C@@H]21. The van der Waals surface area contributed by atoms with E-state index >= 15 is 0 Å². The van der Waals surface area contributed by atoms with Crippen LogP contribution in [0.3, 0.4) is 0 Å². The predicted molar refractivity (Wildman–Crippen MR) is 81.2 cm³/mol. The van der Waals surface area contributed by atoms with Crippen LogP contribution in [0.25, 0.3) is 0 Å². The normalized spacial score (nSPS) is 26.9. The number of aliphatic carboxylic acids is 1. The molecule has 8 heteroatoms. The third-order valence-electron chi connectivity index (χ3n) is 3.07. The molecule has 2 aliphatic rings. The smallest absolute Gasteiger partial charge is 0.315 e. The third kappa shape index (κ3) is 6.13. The number of carboxylic acids is 1. The van der Waals surface area contributed by atoms with Crippen LogP contribution in [0.5, 0.6) is 0 Å². The Labute approximate surface area is 130 Å². The highest BCUT2D eigenvalue weighted by atomic mass is 79.9. The summed E-state index contributed by atoms with van der Waals surface area (Å²) in [5, 5.41) is 14.8. The van der Waals surface area contributed by atoms with Crippen molar-refractivity contribution in [3.05, 3.63) is 0 Å². The lowest BCUT2D eigenvalue weighted by Gasteiger charge is -2.16. The number of carboxylic acid groups (broad SMARTS) is 1. The van der Waals surface area contributed by atoms with Crippen LogP contribution in [-0.4, -0.2) is 44.9 Å². The first-order chi connectivity index (χ1) is 9.40. The van der Waals surface area contributed by atoms with E-state index in [1.54, 1.807) is 0 Å². The highest BCUT2D eigenvalue weighted by Gasteiger charge is 2.42. The lowest BCUT2D eigenvalue weighted by atomic mass is 10.0. The maximum absolute atomic E-state index is 11.1. The van der Waals surface area contributed by atoms with Gasteiger partial charge in [-0.1, -0.05) is 6.42 Å². The molecule has 2 aliphatic heterocycles. The number of urea groups is 1. The maximum atomic E-state index is 11.1. The lowest BCUT2D eigenvalue weighted by Crippen LogP contribution is -2.36. The van der Waals surface area contributed by atoms with Gasteiger partial charge in [0.15, 0.2) is 4.69 Å². The Balaban J connectivity index is 0.000000444. The van der Waals surface area contributed by atoms with Gasteiger partial charge in [-0.25, -0.2) is 4.79 Å². The van der Waals surface area contributed by atoms with Crippen LogP contribution in [0.2, 0.25) is 0 Å². The quantitative estimate of drug-likeness (QED) is 0.391. The van der Waals surface area contributed by atoms with Gasteiger partial charge < -0.3 is 15.7 Å². The average molecular weight is 367 g/mol. The van der Waals surface area contributed by atoms with Crippen molar-refractivity contribution in [1.82, 2.24) is 10.6 Å². The standard InChI is InChI=1S/C10H16N2O3S.C2H3BrO/c13-8(14)4-2-1-3-7-9-6(5-16-7)11-10(15)12-9;1-2(3)4/h6-7,9H,1-5H2,(H,13,14)(H2,11,12,15);1H3/t6-,7-,9-;/m0./s1. The number of fused-ring (bicyclic) bond motifs is 1. The second kappa shape index (κ2) is 8.51. The van der Waals surface area contributed by atoms with E-state index in [0.29, 0.717) is 5.25 Å². The summed E-state index contributed by atoms with van der Waals surface area (Å²) in [4.78, 5) is 30.8. The van der Waals surface area contributed by atoms with Gasteiger partial charge >= 0.3 is 12.0 Å². The molecule has 0 bridgehead atoms. The minimum atomic E-state index is -0.729. The molecule has 3 atom stereocenters. The van der Waals surface area contributed by atoms with E-state index in [2.05, 4.69) is 26.6 Å². The van der Waals surface area contributed by atoms with Gasteiger partial charge in [-0.05, 0) is 28.8 Å². The van der Waals surface area contributed by atoms with Crippen molar-refractivity contribution >= 4 is 44.4 Å². The third-order valence-corrected chi connectivity index (χ3v) is 4.58. The largest absolute Gasteiger partial charge is 0.481 e. The highest BCUT2D eigenvalue weighted by Crippen LogP contribution is 2.33. The summed E-state index contributed by atoms with van der Waals surface area (Å²) in [6.07, 6.45) is 2.88. The van der Waals surface area contributed by atoms with Crippen LogP contribution in [-0.2, 0) is 9.59 Å². The molecule has 0 radical (unpaired) electrons. The van der Waals surface area contributed by atoms with E-state index in [1.165, 1.54) is 6.92 Å². The predicted octanol–water partition coefficient (Wildman–Crippen LogP) is 1.72. The highest BCUT2D eigenvalue weighted by molar-refractivity contribution is 9.18. The van der Waals surface area contributed by atoms with Crippen molar-refractivity contribution in [1.29, 1.82) is 0 Å². The van der Waals surface area contributed by atoms with E-state index in [0.717, 1.165) is 25.0 Å². The first-order valence-electron chi connectivity index (χ1n) is 6.46. The van der Waals surface area contributed by atoms with E-state index in [9.17, 15) is 14.4 Å². The molecule has 3 N–H and O–H groups in total. The number of carbonyl (C=O) groups is 3. The average Bonchev–Trinajstić information content (AvgIpc) is 2.83. The second-order valence-electron chi connectivity index (χ2n) is 4.73. The Morgan fingerprint density at radius 3 is 2.65 bits per heavy atom. The fourth-order valence-electron chi connectivity index (χ4n) is 2.26. The molecule has 2 heterocycles. The molecule has 0 aromatic carbocycles. The first kappa shape index (κ1) is 17.3. The molecule has 0 aromatic heterocycles. The molecule has 2 saturated heterocycles. The van der Waals surface area contributed by atoms with Crippen LogP contribution in [0, 0.1) is 0 Å². The number of carbonyl (C=O) groups excluding carboxylic acids is 2. The molecule has 2 rings (SSSR count). The van der Waals surface area contributed by atoms with Crippen LogP contribution < -0.4 is 10.6 Å². The number of thioether (sulfide) groups is 1. The fourth-order valence-corrected chi connectivity index (χ4v) is 3.81. The van der Waals surface area contributed by atoms with Gasteiger partial charge in [0.25, 0.3) is 0 Å². The van der Waals surface area contributed by atoms with Gasteiger partial charge in [-0.3, -0.25) is 9.59 Å². The second-order valence-corrected chi connectivity index (χ2v) is 7.12. The Bertz CT molecular complexity index is 376. The summed E-state index contributed by atoms with van der Waals surface area (Å²) >= 11 is 4.50. The summed E-state index contributed by atoms with van der Waals surface area (Å²) in [5.74, 6) is 0.236. The number of amides is 2. The van der Waals surface area contributed by atoms with Crippen molar-refractivity contribution in [2.45, 2.75) is 49.9 Å². The van der Waals surface area contributed by atoms with E-state index in [4.69, 9.17) is 5.11 Å². The van der Waals surface area contributed by atoms with Crippen LogP contribution in [0.1, 0.15) is 32.6 Å². The van der Waals surface area contributed by atoms with Gasteiger partial charge in [-0.2, -0.15) is 11.8 Å². The Kier molecular flexibility index (Phi) is 7.36. The zero-order valence-electron chi connectivity index (χ0n) is 11.2. The molecule has 0 spiro atoms. The Morgan fingerprint density at radius 1 is 1.40 bits per heavy atom. The van der Waals surface area contributed by atoms with E-state index < -0.39 is 5.97 Å². The van der Waals surface area contributed by atoms with Crippen molar-refractivity contribution < 1.29 is 19.5 Å². The molecular weight excluding hydrogens is 348 g/mol. The van der Waals surface area contributed by atoms with Crippen molar-refractivity contribution in [2.24, 2.45) is 0 Å². The number of hydrogen-bond donors (Lipinski definition) is 3. The molecule has 2 fully saturated rings. The number of unbranched alkanes of at least 4 members (excludes halogenated alkanes) is 1. The zero-order valence-corrected chi connectivity index (χ0v) is 13.6. The van der Waals surface area contributed by atoms with E-state index in [1.807, 2.05) is 11.8 Å². The van der Waals surface area contributed by atoms with Crippen molar-refractivity contribution in [2.75, 3.05) is 5.75 Å². The molecule has 0 unspecified atom stereocenters. The summed E-state index contributed by atoms with van der Waals surface area (Å²) in [7, 11) is 0. The first-order valence-corrected chi connectivity index (χ1v) is 8.31. The molecular formula is C12H19BrN2O4S. The summed E-state index contributed by atoms with van der Waals surface area (Å²) in [6.45, 7) is 1.44. The number of nitrogens with one attached hydrogen (secondary N) is 2. The number of halogens is 1. The Hall–Kier alpha value is -0.760. The molecule has 114 valence electrons. The van der Waals surface area contributed by atoms with Gasteiger partial charge in [0.2, 0.25) is 0 Å². The fraction of sp³-hybridized carbons (Fsp3) is 0.750. The maximum Gasteiger partial charge on any atom is 0.315 e. The summed E-state index contributed by atoms with van der Waals surface area (Å²) in [5.41, 5.74) is 0. The molecule has 0 saturated carbocycles. The van der Waals surface area contributed by atoms with Gasteiger partial charge in [-0.15, -0.1) is 0 Å². The minimum absolute atomic E-state index is 0.0208. The molecule has 0 aliphatic carbocycles. The van der Waals surface area contributed by atoms with Gasteiger partial charge in [0.05, 0.1) is 12.1 Å². The zero-order chi connectivity index (χ0) is 15.1. The molecule has 20 heavy (non-hydrogen) atoms. The van der Waals surface area contributed by atoms with Crippen LogP contribution in [0.15, 0.2) is 0 Å². The van der Waals surface area contributed by atoms with Crippen LogP contribution in [0.4, 0.5) is 4.79 Å². The lowest BCUT2D eigenvalue weighted by molar-refractivity contribution is -0.137. The monoisotopic (exact) mass is 366 g/mol. The van der Waals surface area contributed by atoms with Crippen molar-refractivity contribution in [3.63, 3.8) is 0 Å². The number of rotatable bonds is 5. The molecule has 6 nitrogen and oxygen atoms in total. The van der Waals surface area contributed by atoms with Crippen LogP contribution >= 0.6 is 27.7 Å². The summed E-state index contributed by atoms with van der Waals surface area (Å²) in [6, 6.07) is 0.440. The van der Waals surface area contributed by atoms with Crippen molar-refractivity contribution in [3.8, 4) is 0 Å². The van der Waals surface area contributed by atoms with Gasteiger partial charge in [0.1, 0.15) is 0 Å². The minimum Gasteiger partial charge on any atom is -0.481 e. The van der Waals surface area contributed by atoms with Gasteiger partial charge in [0, 0.05) is 24.3 Å².